The van der Waals surface area contributed by atoms with E-state index >= 15 is 0 Å². The molecular formula is C21H21F3N2O5S. The van der Waals surface area contributed by atoms with E-state index in [-0.39, 0.29) is 5.75 Å². The first-order valence-electron chi connectivity index (χ1n) is 9.11. The Labute approximate surface area is 183 Å². The van der Waals surface area contributed by atoms with Gasteiger partial charge in [0.15, 0.2) is 0 Å². The first-order valence-corrected chi connectivity index (χ1v) is 10.5. The van der Waals surface area contributed by atoms with Gasteiger partial charge in [-0.2, -0.15) is 21.6 Å². The van der Waals surface area contributed by atoms with E-state index in [1.54, 1.807) is 5.01 Å². The number of rotatable bonds is 5. The fourth-order valence-corrected chi connectivity index (χ4v) is 3.06. The third-order valence-electron chi connectivity index (χ3n) is 3.87. The van der Waals surface area contributed by atoms with Crippen molar-refractivity contribution in [1.29, 1.82) is 0 Å². The van der Waals surface area contributed by atoms with E-state index in [4.69, 9.17) is 5.84 Å². The molecule has 0 aliphatic carbocycles. The second kappa shape index (κ2) is 10.4. The Hall–Kier alpha value is -3.15. The van der Waals surface area contributed by atoms with Crippen LogP contribution in [0.4, 0.5) is 13.2 Å². The number of hydrogen-bond donors (Lipinski definition) is 1. The molecule has 0 spiro atoms. The number of ether oxygens (including phenoxy) is 1. The molecule has 0 saturated carbocycles. The van der Waals surface area contributed by atoms with Gasteiger partial charge in [0.2, 0.25) is 0 Å². The molecule has 3 aromatic rings. The van der Waals surface area contributed by atoms with Gasteiger partial charge in [-0.15, -0.1) is 0 Å². The fourth-order valence-electron chi connectivity index (χ4n) is 2.60. The number of carbonyl (C=O) groups is 1. The fraction of sp³-hybridized carbons (Fsp3) is 0.190. The van der Waals surface area contributed by atoms with Crippen LogP contribution in [0.5, 0.6) is 11.5 Å². The largest absolute Gasteiger partial charge is 0.534 e. The molecule has 0 bridgehead atoms. The molecule has 0 fully saturated rings. The van der Waals surface area contributed by atoms with Crippen LogP contribution in [0.2, 0.25) is 0 Å². The normalized spacial score (nSPS) is 11.6. The van der Waals surface area contributed by atoms with Crippen LogP contribution in [0, 0.1) is 0 Å². The number of fused-ring (bicyclic) bond motifs is 1. The van der Waals surface area contributed by atoms with Gasteiger partial charge in [0.1, 0.15) is 11.5 Å². The van der Waals surface area contributed by atoms with Gasteiger partial charge >= 0.3 is 21.6 Å². The highest BCUT2D eigenvalue weighted by atomic mass is 32.2. The SMILES string of the molecule is CC(=O)Oc1ccc(OS(=O)(=O)C(F)(F)F)cc1.CN(N)Cc1cccc2ccccc12. The summed E-state index contributed by atoms with van der Waals surface area (Å²) in [5, 5.41) is 4.25. The Morgan fingerprint density at radius 2 is 1.53 bits per heavy atom. The summed E-state index contributed by atoms with van der Waals surface area (Å²) in [7, 11) is -3.82. The highest BCUT2D eigenvalue weighted by Crippen LogP contribution is 2.27. The van der Waals surface area contributed by atoms with E-state index in [1.807, 2.05) is 7.05 Å². The summed E-state index contributed by atoms with van der Waals surface area (Å²) in [6.45, 7) is 1.92. The minimum absolute atomic E-state index is 0.0549. The van der Waals surface area contributed by atoms with Gasteiger partial charge in [-0.25, -0.2) is 5.01 Å². The van der Waals surface area contributed by atoms with Crippen molar-refractivity contribution in [2.24, 2.45) is 5.84 Å². The molecule has 0 aliphatic rings. The van der Waals surface area contributed by atoms with E-state index in [0.717, 1.165) is 37.7 Å². The van der Waals surface area contributed by atoms with Crippen molar-refractivity contribution < 1.29 is 35.3 Å². The quantitative estimate of drug-likeness (QED) is 0.150. The van der Waals surface area contributed by atoms with Crippen LogP contribution in [-0.4, -0.2) is 32.0 Å². The molecule has 32 heavy (non-hydrogen) atoms. The molecule has 0 heterocycles. The maximum atomic E-state index is 12.0. The van der Waals surface area contributed by atoms with Crippen molar-refractivity contribution in [3.63, 3.8) is 0 Å². The summed E-state index contributed by atoms with van der Waals surface area (Å²) in [4.78, 5) is 10.6. The van der Waals surface area contributed by atoms with Gasteiger partial charge in [-0.3, -0.25) is 10.6 Å². The van der Waals surface area contributed by atoms with Crippen LogP contribution in [0.15, 0.2) is 66.7 Å². The van der Waals surface area contributed by atoms with Crippen molar-refractivity contribution in [2.75, 3.05) is 7.05 Å². The second-order valence-corrected chi connectivity index (χ2v) is 8.14. The number of hydrogen-bond acceptors (Lipinski definition) is 7. The van der Waals surface area contributed by atoms with Crippen LogP contribution in [0.1, 0.15) is 12.5 Å². The predicted octanol–water partition coefficient (Wildman–Crippen LogP) is 3.99. The topological polar surface area (TPSA) is 98.9 Å². The van der Waals surface area contributed by atoms with Crippen LogP contribution >= 0.6 is 0 Å². The predicted molar refractivity (Wildman–Crippen MR) is 113 cm³/mol. The van der Waals surface area contributed by atoms with Crippen LogP contribution in [0.25, 0.3) is 10.8 Å². The van der Waals surface area contributed by atoms with E-state index in [9.17, 15) is 26.4 Å². The number of esters is 1. The summed E-state index contributed by atoms with van der Waals surface area (Å²) in [6.07, 6.45) is 0. The first kappa shape index (κ1) is 25.1. The Balaban J connectivity index is 0.000000233. The highest BCUT2D eigenvalue weighted by molar-refractivity contribution is 7.88. The summed E-state index contributed by atoms with van der Waals surface area (Å²) in [5.74, 6) is 4.55. The Morgan fingerprint density at radius 1 is 0.969 bits per heavy atom. The van der Waals surface area contributed by atoms with Crippen molar-refractivity contribution >= 4 is 26.9 Å². The Kier molecular flexibility index (Phi) is 8.19. The zero-order valence-electron chi connectivity index (χ0n) is 17.2. The molecule has 0 atom stereocenters. The third-order valence-corrected chi connectivity index (χ3v) is 4.85. The summed E-state index contributed by atoms with van der Waals surface area (Å²) >= 11 is 0. The number of benzene rings is 3. The second-order valence-electron chi connectivity index (χ2n) is 6.60. The van der Waals surface area contributed by atoms with E-state index in [0.29, 0.717) is 0 Å². The van der Waals surface area contributed by atoms with Gasteiger partial charge in [0.05, 0.1) is 0 Å². The van der Waals surface area contributed by atoms with Gasteiger partial charge in [-0.1, -0.05) is 42.5 Å². The minimum Gasteiger partial charge on any atom is -0.427 e. The van der Waals surface area contributed by atoms with Gasteiger partial charge in [0, 0.05) is 20.5 Å². The first-order chi connectivity index (χ1) is 14.9. The molecule has 3 aromatic carbocycles. The average Bonchev–Trinajstić information content (AvgIpc) is 2.68. The number of halogens is 3. The number of carbonyl (C=O) groups excluding carboxylic acids is 1. The zero-order chi connectivity index (χ0) is 23.9. The molecule has 0 aliphatic heterocycles. The zero-order valence-corrected chi connectivity index (χ0v) is 18.0. The van der Waals surface area contributed by atoms with Crippen molar-refractivity contribution in [3.05, 3.63) is 72.3 Å². The smallest absolute Gasteiger partial charge is 0.427 e. The molecule has 0 amide bonds. The molecular weight excluding hydrogens is 449 g/mol. The summed E-state index contributed by atoms with van der Waals surface area (Å²) in [6, 6.07) is 18.7. The molecule has 0 radical (unpaired) electrons. The van der Waals surface area contributed by atoms with E-state index in [1.165, 1.54) is 16.3 Å². The van der Waals surface area contributed by atoms with Crippen molar-refractivity contribution in [2.45, 2.75) is 19.0 Å². The van der Waals surface area contributed by atoms with Crippen LogP contribution in [-0.2, 0) is 21.5 Å². The summed E-state index contributed by atoms with van der Waals surface area (Å²) < 4.78 is 65.7. The highest BCUT2D eigenvalue weighted by Gasteiger charge is 2.48. The van der Waals surface area contributed by atoms with Gasteiger partial charge < -0.3 is 8.92 Å². The Bertz CT molecular complexity index is 1160. The molecule has 172 valence electrons. The number of alkyl halides is 3. The average molecular weight is 470 g/mol. The maximum Gasteiger partial charge on any atom is 0.534 e. The van der Waals surface area contributed by atoms with Gasteiger partial charge in [0.25, 0.3) is 0 Å². The molecule has 0 unspecified atom stereocenters. The van der Waals surface area contributed by atoms with E-state index in [2.05, 4.69) is 51.4 Å². The lowest BCUT2D eigenvalue weighted by atomic mass is 10.0. The minimum atomic E-state index is -5.69. The molecule has 7 nitrogen and oxygen atoms in total. The monoisotopic (exact) mass is 470 g/mol. The molecule has 2 N–H and O–H groups in total. The van der Waals surface area contributed by atoms with Crippen molar-refractivity contribution in [1.82, 2.24) is 5.01 Å². The van der Waals surface area contributed by atoms with E-state index < -0.39 is 27.3 Å². The standard InChI is InChI=1S/C12H14N2.C9H7F3O5S/c1-14(13)9-11-7-4-6-10-5-2-3-8-12(10)11;1-6(13)16-7-2-4-8(5-3-7)17-18(14,15)9(10,11)12/h2-8H,9,13H2,1H3;2-5H,1H3. The Morgan fingerprint density at radius 3 is 2.09 bits per heavy atom. The van der Waals surface area contributed by atoms with Gasteiger partial charge in [-0.05, 0) is 40.6 Å². The van der Waals surface area contributed by atoms with Crippen molar-refractivity contribution in [3.8, 4) is 11.5 Å². The molecule has 0 saturated heterocycles. The number of nitrogens with zero attached hydrogens (tertiary/aromatic N) is 1. The molecule has 0 aromatic heterocycles. The third kappa shape index (κ3) is 7.22. The lowest BCUT2D eigenvalue weighted by molar-refractivity contribution is -0.131. The van der Waals surface area contributed by atoms with Crippen LogP contribution in [0.3, 0.4) is 0 Å². The number of nitrogens with two attached hydrogens (primary N) is 1. The summed E-state index contributed by atoms with van der Waals surface area (Å²) in [5.41, 5.74) is -4.23. The van der Waals surface area contributed by atoms with Crippen LogP contribution < -0.4 is 14.8 Å². The maximum absolute atomic E-state index is 12.0. The number of hydrazine groups is 1. The lowest BCUT2D eigenvalue weighted by Crippen LogP contribution is -2.28. The lowest BCUT2D eigenvalue weighted by Gasteiger charge is -2.11. The molecule has 11 heteroatoms. The molecule has 3 rings (SSSR count).